The van der Waals surface area contributed by atoms with E-state index in [1.807, 2.05) is 18.2 Å². The number of carbonyl (C=O) groups excluding carboxylic acids is 2. The summed E-state index contributed by atoms with van der Waals surface area (Å²) in [4.78, 5) is 29.6. The van der Waals surface area contributed by atoms with Crippen molar-refractivity contribution in [2.24, 2.45) is 0 Å². The summed E-state index contributed by atoms with van der Waals surface area (Å²) >= 11 is 0. The Morgan fingerprint density at radius 3 is 2.24 bits per heavy atom. The van der Waals surface area contributed by atoms with Crippen molar-refractivity contribution in [2.75, 3.05) is 35.0 Å². The van der Waals surface area contributed by atoms with E-state index >= 15 is 0 Å². The van der Waals surface area contributed by atoms with Crippen LogP contribution in [0.2, 0.25) is 0 Å². The number of nitrogens with one attached hydrogen (secondary N) is 1. The number of carbonyl (C=O) groups is 2. The number of aromatic nitrogens is 4. The molecule has 1 aromatic heterocycles. The SMILES string of the molecule is COc1ccc(CCN(C(=O)Cn2nnc(-c3ccc(OC)c(OC)c3)n2)C(C)C(=O)NC2CCCC2)cc1OC. The zero-order chi connectivity index (χ0) is 29.4. The van der Waals surface area contributed by atoms with Crippen molar-refractivity contribution in [1.82, 2.24) is 30.4 Å². The molecule has 12 nitrogen and oxygen atoms in total. The number of methoxy groups -OCH3 is 4. The molecule has 1 saturated carbocycles. The molecule has 2 amide bonds. The van der Waals surface area contributed by atoms with Gasteiger partial charge in [-0.2, -0.15) is 4.80 Å². The van der Waals surface area contributed by atoms with Gasteiger partial charge in [-0.3, -0.25) is 9.59 Å². The number of hydrogen-bond donors (Lipinski definition) is 1. The van der Waals surface area contributed by atoms with Crippen LogP contribution < -0.4 is 24.3 Å². The maximum Gasteiger partial charge on any atom is 0.246 e. The molecule has 12 heteroatoms. The quantitative estimate of drug-likeness (QED) is 0.332. The predicted octanol–water partition coefficient (Wildman–Crippen LogP) is 2.89. The highest BCUT2D eigenvalue weighted by Crippen LogP contribution is 2.31. The van der Waals surface area contributed by atoms with E-state index in [-0.39, 0.29) is 24.4 Å². The zero-order valence-electron chi connectivity index (χ0n) is 24.3. The lowest BCUT2D eigenvalue weighted by molar-refractivity contribution is -0.141. The van der Waals surface area contributed by atoms with Gasteiger partial charge in [0.05, 0.1) is 28.4 Å². The van der Waals surface area contributed by atoms with E-state index < -0.39 is 6.04 Å². The van der Waals surface area contributed by atoms with E-state index in [4.69, 9.17) is 18.9 Å². The topological polar surface area (TPSA) is 130 Å². The minimum atomic E-state index is -0.683. The van der Waals surface area contributed by atoms with Crippen LogP contribution in [-0.4, -0.2) is 84.0 Å². The van der Waals surface area contributed by atoms with E-state index in [9.17, 15) is 9.59 Å². The third-order valence-corrected chi connectivity index (χ3v) is 7.33. The van der Waals surface area contributed by atoms with Crippen LogP contribution in [0.25, 0.3) is 11.4 Å². The fourth-order valence-electron chi connectivity index (χ4n) is 4.97. The van der Waals surface area contributed by atoms with Crippen LogP contribution in [-0.2, 0) is 22.6 Å². The van der Waals surface area contributed by atoms with Crippen LogP contribution in [0.4, 0.5) is 0 Å². The number of tetrazole rings is 1. The molecule has 2 aromatic carbocycles. The molecule has 3 aromatic rings. The van der Waals surface area contributed by atoms with Gasteiger partial charge < -0.3 is 29.2 Å². The van der Waals surface area contributed by atoms with Crippen molar-refractivity contribution in [2.45, 2.75) is 57.7 Å². The van der Waals surface area contributed by atoms with Crippen molar-refractivity contribution in [1.29, 1.82) is 0 Å². The Bertz CT molecular complexity index is 1340. The molecule has 41 heavy (non-hydrogen) atoms. The molecule has 0 saturated heterocycles. The largest absolute Gasteiger partial charge is 0.493 e. The van der Waals surface area contributed by atoms with Crippen LogP contribution in [0.15, 0.2) is 36.4 Å². The summed E-state index contributed by atoms with van der Waals surface area (Å²) in [6.07, 6.45) is 4.62. The van der Waals surface area contributed by atoms with Gasteiger partial charge in [-0.25, -0.2) is 0 Å². The maximum absolute atomic E-state index is 13.6. The summed E-state index contributed by atoms with van der Waals surface area (Å²) in [5.74, 6) is 2.20. The fourth-order valence-corrected chi connectivity index (χ4v) is 4.97. The Kier molecular flexibility index (Phi) is 9.99. The Labute approximate surface area is 239 Å². The average Bonchev–Trinajstić information content (AvgIpc) is 3.69. The minimum absolute atomic E-state index is 0.147. The first-order valence-electron chi connectivity index (χ1n) is 13.7. The molecule has 1 aliphatic carbocycles. The second kappa shape index (κ2) is 13.8. The monoisotopic (exact) mass is 566 g/mol. The van der Waals surface area contributed by atoms with Crippen molar-refractivity contribution >= 4 is 11.8 Å². The lowest BCUT2D eigenvalue weighted by atomic mass is 10.1. The van der Waals surface area contributed by atoms with E-state index in [0.717, 1.165) is 31.2 Å². The van der Waals surface area contributed by atoms with Crippen molar-refractivity contribution in [3.8, 4) is 34.4 Å². The number of hydrogen-bond acceptors (Lipinski definition) is 9. The Morgan fingerprint density at radius 2 is 1.59 bits per heavy atom. The summed E-state index contributed by atoms with van der Waals surface area (Å²) in [6.45, 7) is 1.89. The molecule has 0 radical (unpaired) electrons. The smallest absolute Gasteiger partial charge is 0.246 e. The molecule has 1 aliphatic rings. The van der Waals surface area contributed by atoms with Gasteiger partial charge in [0.15, 0.2) is 23.0 Å². The van der Waals surface area contributed by atoms with E-state index in [2.05, 4.69) is 20.7 Å². The Hall–Kier alpha value is -4.35. The van der Waals surface area contributed by atoms with Gasteiger partial charge in [-0.05, 0) is 67.3 Å². The van der Waals surface area contributed by atoms with Crippen molar-refractivity contribution in [3.05, 3.63) is 42.0 Å². The van der Waals surface area contributed by atoms with E-state index in [1.54, 1.807) is 58.5 Å². The van der Waals surface area contributed by atoms with Crippen molar-refractivity contribution in [3.63, 3.8) is 0 Å². The van der Waals surface area contributed by atoms with Gasteiger partial charge >= 0.3 is 0 Å². The van der Waals surface area contributed by atoms with E-state index in [1.165, 1.54) is 4.80 Å². The summed E-state index contributed by atoms with van der Waals surface area (Å²) in [5.41, 5.74) is 1.61. The summed E-state index contributed by atoms with van der Waals surface area (Å²) in [6, 6.07) is 10.4. The molecule has 1 N–H and O–H groups in total. The number of ether oxygens (including phenoxy) is 4. The second-order valence-corrected chi connectivity index (χ2v) is 9.91. The molecular formula is C29H38N6O6. The lowest BCUT2D eigenvalue weighted by Gasteiger charge is -2.29. The highest BCUT2D eigenvalue weighted by molar-refractivity contribution is 5.87. The lowest BCUT2D eigenvalue weighted by Crippen LogP contribution is -2.51. The zero-order valence-corrected chi connectivity index (χ0v) is 24.3. The van der Waals surface area contributed by atoms with Gasteiger partial charge in [0, 0.05) is 18.2 Å². The van der Waals surface area contributed by atoms with Gasteiger partial charge in [-0.15, -0.1) is 10.2 Å². The normalized spacial score (nSPS) is 13.9. The molecule has 1 fully saturated rings. The first-order chi connectivity index (χ1) is 19.9. The number of benzene rings is 2. The molecule has 0 spiro atoms. The number of rotatable bonds is 13. The summed E-state index contributed by atoms with van der Waals surface area (Å²) < 4.78 is 21.4. The molecule has 1 unspecified atom stereocenters. The molecule has 0 aliphatic heterocycles. The molecular weight excluding hydrogens is 528 g/mol. The fraction of sp³-hybridized carbons (Fsp3) is 0.483. The molecule has 1 heterocycles. The Morgan fingerprint density at radius 1 is 0.951 bits per heavy atom. The second-order valence-electron chi connectivity index (χ2n) is 9.91. The number of amides is 2. The third-order valence-electron chi connectivity index (χ3n) is 7.33. The third kappa shape index (κ3) is 7.24. The molecule has 0 bridgehead atoms. The van der Waals surface area contributed by atoms with Gasteiger partial charge in [0.1, 0.15) is 12.6 Å². The molecule has 1 atom stereocenters. The number of nitrogens with zero attached hydrogens (tertiary/aromatic N) is 5. The first kappa shape index (κ1) is 29.6. The van der Waals surface area contributed by atoms with Crippen LogP contribution in [0.3, 0.4) is 0 Å². The average molecular weight is 567 g/mol. The summed E-state index contributed by atoms with van der Waals surface area (Å²) in [5, 5.41) is 15.7. The highest BCUT2D eigenvalue weighted by Gasteiger charge is 2.29. The first-order valence-corrected chi connectivity index (χ1v) is 13.7. The molecule has 4 rings (SSSR count). The van der Waals surface area contributed by atoms with E-state index in [0.29, 0.717) is 47.4 Å². The van der Waals surface area contributed by atoms with Crippen molar-refractivity contribution < 1.29 is 28.5 Å². The van der Waals surface area contributed by atoms with Gasteiger partial charge in [0.25, 0.3) is 0 Å². The van der Waals surface area contributed by atoms with Crippen LogP contribution in [0.1, 0.15) is 38.2 Å². The van der Waals surface area contributed by atoms with Gasteiger partial charge in [0.2, 0.25) is 17.6 Å². The summed E-state index contributed by atoms with van der Waals surface area (Å²) in [7, 11) is 6.26. The minimum Gasteiger partial charge on any atom is -0.493 e. The van der Waals surface area contributed by atoms with Crippen LogP contribution in [0, 0.1) is 0 Å². The van der Waals surface area contributed by atoms with Gasteiger partial charge in [-0.1, -0.05) is 18.9 Å². The standard InChI is InChI=1S/C29H38N6O6/c1-19(29(37)30-22-8-6-7-9-22)34(15-14-20-10-12-23(38-2)25(16-20)40-4)27(36)18-35-32-28(31-33-35)21-11-13-24(39-3)26(17-21)41-5/h10-13,16-17,19,22H,6-9,14-15,18H2,1-5H3,(H,30,37). The molecule has 220 valence electrons. The highest BCUT2D eigenvalue weighted by atomic mass is 16.5. The maximum atomic E-state index is 13.6. The Balaban J connectivity index is 1.50. The predicted molar refractivity (Wildman–Crippen MR) is 151 cm³/mol. The van der Waals surface area contributed by atoms with Crippen LogP contribution in [0.5, 0.6) is 23.0 Å². The van der Waals surface area contributed by atoms with Crippen LogP contribution >= 0.6 is 0 Å².